The molecule has 0 aliphatic rings. The van der Waals surface area contributed by atoms with Crippen molar-refractivity contribution >= 4 is 10.0 Å². The van der Waals surface area contributed by atoms with Gasteiger partial charge in [0, 0.05) is 6.04 Å². The third-order valence-electron chi connectivity index (χ3n) is 2.83. The van der Waals surface area contributed by atoms with E-state index in [1.54, 1.807) is 6.92 Å². The number of aryl methyl sites for hydroxylation is 1. The number of nitrogens with one attached hydrogen (secondary N) is 2. The van der Waals surface area contributed by atoms with Crippen molar-refractivity contribution in [3.05, 3.63) is 12.0 Å². The fourth-order valence-electron chi connectivity index (χ4n) is 1.88. The van der Waals surface area contributed by atoms with Gasteiger partial charge in [0.25, 0.3) is 10.0 Å². The molecule has 6 heteroatoms. The molecule has 1 aromatic heterocycles. The first kappa shape index (κ1) is 15.2. The quantitative estimate of drug-likeness (QED) is 0.763. The van der Waals surface area contributed by atoms with Crippen molar-refractivity contribution in [3.63, 3.8) is 0 Å². The standard InChI is InChI=1S/C12H23N3O2S/c1-4-6-8-11(7-5-2)15-18(16,17)12-9-13-10(3)14-12/h9,11,15H,4-8H2,1-3H3,(H,13,14). The molecular weight excluding hydrogens is 250 g/mol. The van der Waals surface area contributed by atoms with Crippen molar-refractivity contribution in [1.29, 1.82) is 0 Å². The molecule has 1 rings (SSSR count). The van der Waals surface area contributed by atoms with Crippen LogP contribution in [0.1, 0.15) is 51.8 Å². The molecule has 0 saturated heterocycles. The fraction of sp³-hybridized carbons (Fsp3) is 0.750. The normalized spacial score (nSPS) is 13.7. The van der Waals surface area contributed by atoms with Crippen LogP contribution in [-0.4, -0.2) is 24.4 Å². The van der Waals surface area contributed by atoms with Crippen molar-refractivity contribution in [3.8, 4) is 0 Å². The van der Waals surface area contributed by atoms with Gasteiger partial charge in [-0.05, 0) is 19.8 Å². The fourth-order valence-corrected chi connectivity index (χ4v) is 3.15. The summed E-state index contributed by atoms with van der Waals surface area (Å²) < 4.78 is 27.0. The smallest absolute Gasteiger partial charge is 0.257 e. The SMILES string of the molecule is CCCCC(CCC)NS(=O)(=O)c1cnc(C)[nH]1. The third kappa shape index (κ3) is 4.42. The van der Waals surface area contributed by atoms with Crippen LogP contribution in [-0.2, 0) is 10.0 Å². The van der Waals surface area contributed by atoms with Crippen LogP contribution in [0.3, 0.4) is 0 Å². The maximum atomic E-state index is 12.1. The third-order valence-corrected chi connectivity index (χ3v) is 4.26. The number of H-pyrrole nitrogens is 1. The number of imidazole rings is 1. The van der Waals surface area contributed by atoms with Gasteiger partial charge >= 0.3 is 0 Å². The zero-order chi connectivity index (χ0) is 13.6. The Hall–Kier alpha value is -0.880. The minimum Gasteiger partial charge on any atom is -0.332 e. The lowest BCUT2D eigenvalue weighted by Crippen LogP contribution is -2.35. The van der Waals surface area contributed by atoms with Gasteiger partial charge in [-0.3, -0.25) is 0 Å². The van der Waals surface area contributed by atoms with Crippen molar-refractivity contribution in [2.45, 2.75) is 63.9 Å². The van der Waals surface area contributed by atoms with E-state index in [4.69, 9.17) is 0 Å². The number of sulfonamides is 1. The van der Waals surface area contributed by atoms with Gasteiger partial charge in [-0.25, -0.2) is 18.1 Å². The maximum Gasteiger partial charge on any atom is 0.257 e. The van der Waals surface area contributed by atoms with Crippen LogP contribution >= 0.6 is 0 Å². The van der Waals surface area contributed by atoms with Gasteiger partial charge in [0.1, 0.15) is 5.82 Å². The van der Waals surface area contributed by atoms with Gasteiger partial charge < -0.3 is 4.98 Å². The van der Waals surface area contributed by atoms with Crippen molar-refractivity contribution in [2.24, 2.45) is 0 Å². The van der Waals surface area contributed by atoms with Crippen LogP contribution in [0, 0.1) is 6.92 Å². The molecule has 0 amide bonds. The number of hydrogen-bond donors (Lipinski definition) is 2. The highest BCUT2D eigenvalue weighted by Gasteiger charge is 2.20. The van der Waals surface area contributed by atoms with E-state index in [0.717, 1.165) is 32.1 Å². The molecule has 0 aromatic carbocycles. The summed E-state index contributed by atoms with van der Waals surface area (Å²) in [5, 5.41) is 0.151. The van der Waals surface area contributed by atoms with Crippen LogP contribution in [0.4, 0.5) is 0 Å². The van der Waals surface area contributed by atoms with Crippen molar-refractivity contribution in [2.75, 3.05) is 0 Å². The molecule has 1 atom stereocenters. The molecule has 0 aliphatic carbocycles. The lowest BCUT2D eigenvalue weighted by atomic mass is 10.1. The Morgan fingerprint density at radius 2 is 2.06 bits per heavy atom. The zero-order valence-electron chi connectivity index (χ0n) is 11.4. The molecule has 1 heterocycles. The molecular formula is C12H23N3O2S. The second-order valence-electron chi connectivity index (χ2n) is 4.58. The summed E-state index contributed by atoms with van der Waals surface area (Å²) in [5.74, 6) is 0.607. The molecule has 0 spiro atoms. The molecule has 104 valence electrons. The van der Waals surface area contributed by atoms with E-state index in [1.807, 2.05) is 0 Å². The molecule has 2 N–H and O–H groups in total. The first-order chi connectivity index (χ1) is 8.49. The van der Waals surface area contributed by atoms with Gasteiger partial charge in [-0.1, -0.05) is 33.1 Å². The topological polar surface area (TPSA) is 74.8 Å². The van der Waals surface area contributed by atoms with E-state index in [1.165, 1.54) is 6.20 Å². The summed E-state index contributed by atoms with van der Waals surface area (Å²) >= 11 is 0. The van der Waals surface area contributed by atoms with E-state index in [9.17, 15) is 8.42 Å². The van der Waals surface area contributed by atoms with Crippen LogP contribution in [0.2, 0.25) is 0 Å². The zero-order valence-corrected chi connectivity index (χ0v) is 12.2. The number of nitrogens with zero attached hydrogens (tertiary/aromatic N) is 1. The number of unbranched alkanes of at least 4 members (excludes halogenated alkanes) is 1. The van der Waals surface area contributed by atoms with Crippen LogP contribution in [0.5, 0.6) is 0 Å². The highest BCUT2D eigenvalue weighted by Crippen LogP contribution is 2.12. The van der Waals surface area contributed by atoms with E-state index in [-0.39, 0.29) is 11.1 Å². The van der Waals surface area contributed by atoms with Crippen LogP contribution in [0.25, 0.3) is 0 Å². The highest BCUT2D eigenvalue weighted by molar-refractivity contribution is 7.89. The average Bonchev–Trinajstić information content (AvgIpc) is 2.73. The molecule has 1 aromatic rings. The molecule has 0 fully saturated rings. The highest BCUT2D eigenvalue weighted by atomic mass is 32.2. The summed E-state index contributed by atoms with van der Waals surface area (Å²) in [7, 11) is -3.46. The average molecular weight is 273 g/mol. The van der Waals surface area contributed by atoms with Gasteiger partial charge in [-0.2, -0.15) is 0 Å². The number of rotatable bonds is 8. The van der Waals surface area contributed by atoms with Crippen LogP contribution in [0.15, 0.2) is 11.2 Å². The second kappa shape index (κ2) is 6.89. The Morgan fingerprint density at radius 1 is 1.33 bits per heavy atom. The largest absolute Gasteiger partial charge is 0.332 e. The van der Waals surface area contributed by atoms with E-state index in [2.05, 4.69) is 28.5 Å². The maximum absolute atomic E-state index is 12.1. The monoisotopic (exact) mass is 273 g/mol. The number of aromatic nitrogens is 2. The van der Waals surface area contributed by atoms with Crippen molar-refractivity contribution in [1.82, 2.24) is 14.7 Å². The van der Waals surface area contributed by atoms with E-state index < -0.39 is 10.0 Å². The first-order valence-corrected chi connectivity index (χ1v) is 8.01. The van der Waals surface area contributed by atoms with Crippen LogP contribution < -0.4 is 4.72 Å². The minimum absolute atomic E-state index is 0.0172. The van der Waals surface area contributed by atoms with Gasteiger partial charge in [0.15, 0.2) is 5.03 Å². The predicted molar refractivity (Wildman–Crippen MR) is 71.9 cm³/mol. The molecule has 0 aliphatic heterocycles. The Kier molecular flexibility index (Phi) is 5.81. The lowest BCUT2D eigenvalue weighted by Gasteiger charge is -2.17. The van der Waals surface area contributed by atoms with E-state index >= 15 is 0 Å². The summed E-state index contributed by atoms with van der Waals surface area (Å²) in [6.45, 7) is 5.91. The summed E-state index contributed by atoms with van der Waals surface area (Å²) in [6.07, 6.45) is 6.20. The second-order valence-corrected chi connectivity index (χ2v) is 6.26. The summed E-state index contributed by atoms with van der Waals surface area (Å²) in [6, 6.07) is 0.0172. The number of hydrogen-bond acceptors (Lipinski definition) is 3. The van der Waals surface area contributed by atoms with Gasteiger partial charge in [0.05, 0.1) is 6.20 Å². The van der Waals surface area contributed by atoms with Gasteiger partial charge in [-0.15, -0.1) is 0 Å². The lowest BCUT2D eigenvalue weighted by molar-refractivity contribution is 0.482. The summed E-state index contributed by atoms with van der Waals surface area (Å²) in [5.41, 5.74) is 0. The Morgan fingerprint density at radius 3 is 2.56 bits per heavy atom. The molecule has 18 heavy (non-hydrogen) atoms. The summed E-state index contributed by atoms with van der Waals surface area (Å²) in [4.78, 5) is 6.68. The molecule has 0 bridgehead atoms. The Bertz CT molecular complexity index is 454. The number of aromatic amines is 1. The van der Waals surface area contributed by atoms with E-state index in [0.29, 0.717) is 5.82 Å². The predicted octanol–water partition coefficient (Wildman–Crippen LogP) is 2.36. The molecule has 0 saturated carbocycles. The Balaban J connectivity index is 2.72. The molecule has 5 nitrogen and oxygen atoms in total. The van der Waals surface area contributed by atoms with Crippen molar-refractivity contribution < 1.29 is 8.42 Å². The molecule has 0 radical (unpaired) electrons. The Labute approximate surface area is 109 Å². The minimum atomic E-state index is -3.46. The first-order valence-electron chi connectivity index (χ1n) is 6.53. The van der Waals surface area contributed by atoms with Gasteiger partial charge in [0.2, 0.25) is 0 Å². The molecule has 1 unspecified atom stereocenters.